The van der Waals surface area contributed by atoms with Gasteiger partial charge < -0.3 is 14.3 Å². The number of furan rings is 1. The van der Waals surface area contributed by atoms with Crippen LogP contribution in [0.2, 0.25) is 0 Å². The van der Waals surface area contributed by atoms with Crippen LogP contribution in [0.25, 0.3) is 11.0 Å². The van der Waals surface area contributed by atoms with E-state index in [-0.39, 0.29) is 12.0 Å². The van der Waals surface area contributed by atoms with Gasteiger partial charge in [-0.05, 0) is 31.4 Å². The molecule has 1 aliphatic rings. The first kappa shape index (κ1) is 12.7. The van der Waals surface area contributed by atoms with Crippen LogP contribution in [0.5, 0.6) is 0 Å². The Morgan fingerprint density at radius 2 is 2.26 bits per heavy atom. The topological polar surface area (TPSA) is 42.6 Å². The second-order valence-electron chi connectivity index (χ2n) is 5.36. The number of benzene rings is 1. The van der Waals surface area contributed by atoms with E-state index >= 15 is 0 Å². The highest BCUT2D eigenvalue weighted by Crippen LogP contribution is 2.37. The van der Waals surface area contributed by atoms with E-state index in [9.17, 15) is 5.11 Å². The first-order chi connectivity index (χ1) is 9.20. The van der Waals surface area contributed by atoms with Crippen LogP contribution in [0.4, 0.5) is 0 Å². The molecule has 0 amide bonds. The second kappa shape index (κ2) is 4.99. The summed E-state index contributed by atoms with van der Waals surface area (Å²) < 4.78 is 11.5. The van der Waals surface area contributed by atoms with E-state index in [1.54, 1.807) is 0 Å². The summed E-state index contributed by atoms with van der Waals surface area (Å²) in [5.41, 5.74) is 1.98. The summed E-state index contributed by atoms with van der Waals surface area (Å²) >= 11 is 0. The zero-order valence-corrected chi connectivity index (χ0v) is 11.4. The van der Waals surface area contributed by atoms with Crippen LogP contribution in [-0.4, -0.2) is 17.8 Å². The van der Waals surface area contributed by atoms with Gasteiger partial charge in [0.2, 0.25) is 0 Å². The quantitative estimate of drug-likeness (QED) is 0.917. The third-order valence-electron chi connectivity index (χ3n) is 4.12. The van der Waals surface area contributed by atoms with Crippen LogP contribution in [0, 0.1) is 12.8 Å². The van der Waals surface area contributed by atoms with Crippen molar-refractivity contribution in [3.05, 3.63) is 35.6 Å². The van der Waals surface area contributed by atoms with Gasteiger partial charge in [-0.2, -0.15) is 0 Å². The molecule has 0 bridgehead atoms. The molecule has 1 fully saturated rings. The smallest absolute Gasteiger partial charge is 0.137 e. The Hall–Kier alpha value is -1.32. The minimum atomic E-state index is -0.570. The number of para-hydroxylation sites is 1. The molecule has 3 heteroatoms. The van der Waals surface area contributed by atoms with Crippen LogP contribution in [0.3, 0.4) is 0 Å². The maximum atomic E-state index is 10.5. The van der Waals surface area contributed by atoms with Gasteiger partial charge in [0.1, 0.15) is 17.4 Å². The maximum absolute atomic E-state index is 10.5. The van der Waals surface area contributed by atoms with Crippen molar-refractivity contribution in [2.75, 3.05) is 6.61 Å². The van der Waals surface area contributed by atoms with Crippen molar-refractivity contribution in [3.63, 3.8) is 0 Å². The molecule has 2 heterocycles. The molecule has 1 aromatic carbocycles. The molecule has 102 valence electrons. The fraction of sp³-hybridized carbons (Fsp3) is 0.500. The van der Waals surface area contributed by atoms with Gasteiger partial charge in [0.15, 0.2) is 0 Å². The summed E-state index contributed by atoms with van der Waals surface area (Å²) in [4.78, 5) is 0. The molecule has 0 aliphatic carbocycles. The van der Waals surface area contributed by atoms with Crippen molar-refractivity contribution in [1.82, 2.24) is 0 Å². The third kappa shape index (κ3) is 2.17. The molecule has 3 atom stereocenters. The molecule has 1 N–H and O–H groups in total. The number of ether oxygens (including phenoxy) is 1. The zero-order valence-electron chi connectivity index (χ0n) is 11.4. The average molecular weight is 260 g/mol. The molecule has 0 radical (unpaired) electrons. The third-order valence-corrected chi connectivity index (χ3v) is 4.12. The molecule has 0 spiro atoms. The molecule has 3 unspecified atom stereocenters. The molecule has 19 heavy (non-hydrogen) atoms. The van der Waals surface area contributed by atoms with E-state index in [0.29, 0.717) is 5.76 Å². The maximum Gasteiger partial charge on any atom is 0.137 e. The minimum absolute atomic E-state index is 0.143. The van der Waals surface area contributed by atoms with Crippen molar-refractivity contribution < 1.29 is 14.3 Å². The van der Waals surface area contributed by atoms with Gasteiger partial charge in [0.25, 0.3) is 0 Å². The number of aliphatic hydroxyl groups is 1. The normalized spacial score (nSPS) is 25.0. The molecule has 3 nitrogen and oxygen atoms in total. The van der Waals surface area contributed by atoms with Gasteiger partial charge in [-0.25, -0.2) is 0 Å². The van der Waals surface area contributed by atoms with Gasteiger partial charge in [-0.1, -0.05) is 25.1 Å². The van der Waals surface area contributed by atoms with E-state index in [1.807, 2.05) is 31.2 Å². The number of rotatable bonds is 3. The fourth-order valence-corrected chi connectivity index (χ4v) is 3.03. The Balaban J connectivity index is 1.93. The van der Waals surface area contributed by atoms with Crippen LogP contribution >= 0.6 is 0 Å². The number of aliphatic hydroxyl groups excluding tert-OH is 1. The lowest BCUT2D eigenvalue weighted by Crippen LogP contribution is -2.21. The number of hydrogen-bond acceptors (Lipinski definition) is 3. The highest BCUT2D eigenvalue weighted by Gasteiger charge is 2.35. The summed E-state index contributed by atoms with van der Waals surface area (Å²) in [6, 6.07) is 8.01. The lowest BCUT2D eigenvalue weighted by molar-refractivity contribution is 0.0217. The minimum Gasteiger partial charge on any atom is -0.458 e. The van der Waals surface area contributed by atoms with Crippen molar-refractivity contribution in [2.45, 2.75) is 38.9 Å². The molecule has 1 saturated heterocycles. The Morgan fingerprint density at radius 3 is 3.00 bits per heavy atom. The number of hydrogen-bond donors (Lipinski definition) is 1. The Morgan fingerprint density at radius 1 is 1.42 bits per heavy atom. The van der Waals surface area contributed by atoms with Crippen molar-refractivity contribution in [3.8, 4) is 0 Å². The Kier molecular flexibility index (Phi) is 3.33. The number of fused-ring (bicyclic) bond motifs is 1. The van der Waals surface area contributed by atoms with Crippen LogP contribution < -0.4 is 0 Å². The van der Waals surface area contributed by atoms with E-state index in [4.69, 9.17) is 9.15 Å². The summed E-state index contributed by atoms with van der Waals surface area (Å²) in [7, 11) is 0. The lowest BCUT2D eigenvalue weighted by Gasteiger charge is -2.20. The predicted molar refractivity (Wildman–Crippen MR) is 74.0 cm³/mol. The molecule has 1 aliphatic heterocycles. The van der Waals surface area contributed by atoms with Gasteiger partial charge in [0.05, 0.1) is 6.10 Å². The molecule has 1 aromatic heterocycles. The predicted octanol–water partition coefficient (Wildman–Crippen LogP) is 3.59. The number of aryl methyl sites for hydroxylation is 1. The molecule has 3 rings (SSSR count). The molecule has 2 aromatic rings. The molecule has 0 saturated carbocycles. The van der Waals surface area contributed by atoms with E-state index in [1.165, 1.54) is 0 Å². The summed E-state index contributed by atoms with van der Waals surface area (Å²) in [5.74, 6) is 0.809. The fourth-order valence-electron chi connectivity index (χ4n) is 3.03. The van der Waals surface area contributed by atoms with Crippen LogP contribution in [0.15, 0.2) is 28.7 Å². The summed E-state index contributed by atoms with van der Waals surface area (Å²) in [6.07, 6.45) is 1.40. The van der Waals surface area contributed by atoms with Crippen LogP contribution in [-0.2, 0) is 4.74 Å². The Bertz CT molecular complexity index is 572. The SMILES string of the molecule is CCC1OCCC1C(O)c1cc2cccc(C)c2o1. The van der Waals surface area contributed by atoms with Crippen LogP contribution in [0.1, 0.15) is 37.2 Å². The van der Waals surface area contributed by atoms with Crippen molar-refractivity contribution in [2.24, 2.45) is 5.92 Å². The van der Waals surface area contributed by atoms with Gasteiger partial charge in [-0.15, -0.1) is 0 Å². The lowest BCUT2D eigenvalue weighted by atomic mass is 9.92. The highest BCUT2D eigenvalue weighted by atomic mass is 16.5. The largest absolute Gasteiger partial charge is 0.458 e. The van der Waals surface area contributed by atoms with E-state index < -0.39 is 6.10 Å². The summed E-state index contributed by atoms with van der Waals surface area (Å²) in [6.45, 7) is 4.85. The van der Waals surface area contributed by atoms with E-state index in [2.05, 4.69) is 6.92 Å². The highest BCUT2D eigenvalue weighted by molar-refractivity contribution is 5.80. The van der Waals surface area contributed by atoms with Gasteiger partial charge in [0, 0.05) is 17.9 Å². The average Bonchev–Trinajstić information content (AvgIpc) is 3.04. The van der Waals surface area contributed by atoms with Crippen molar-refractivity contribution in [1.29, 1.82) is 0 Å². The first-order valence-corrected chi connectivity index (χ1v) is 6.99. The second-order valence-corrected chi connectivity index (χ2v) is 5.36. The molecular formula is C16H20O3. The summed E-state index contributed by atoms with van der Waals surface area (Å²) in [5, 5.41) is 11.6. The Labute approximate surface area is 113 Å². The van der Waals surface area contributed by atoms with E-state index in [0.717, 1.165) is 36.0 Å². The molecular weight excluding hydrogens is 240 g/mol. The van der Waals surface area contributed by atoms with Crippen molar-refractivity contribution >= 4 is 11.0 Å². The monoisotopic (exact) mass is 260 g/mol. The zero-order chi connectivity index (χ0) is 13.4. The first-order valence-electron chi connectivity index (χ1n) is 6.99. The standard InChI is InChI=1S/C16H20O3/c1-3-13-12(7-8-18-13)15(17)14-9-11-6-4-5-10(2)16(11)19-14/h4-6,9,12-13,15,17H,3,7-8H2,1-2H3. The van der Waals surface area contributed by atoms with Gasteiger partial charge >= 0.3 is 0 Å². The van der Waals surface area contributed by atoms with Gasteiger partial charge in [-0.3, -0.25) is 0 Å².